The summed E-state index contributed by atoms with van der Waals surface area (Å²) in [5.74, 6) is -0.0662. The number of rotatable bonds is 8. The summed E-state index contributed by atoms with van der Waals surface area (Å²) in [5.41, 5.74) is 1.53. The number of hydrogen-bond acceptors (Lipinski definition) is 6. The summed E-state index contributed by atoms with van der Waals surface area (Å²) in [5, 5.41) is 3.79. The number of oxime groups is 1. The molecule has 6 nitrogen and oxygen atoms in total. The van der Waals surface area contributed by atoms with Crippen molar-refractivity contribution in [1.82, 2.24) is 4.98 Å². The van der Waals surface area contributed by atoms with Gasteiger partial charge in [-0.15, -0.1) is 0 Å². The van der Waals surface area contributed by atoms with Crippen LogP contribution in [0.15, 0.2) is 58.3 Å². The third-order valence-corrected chi connectivity index (χ3v) is 3.52. The molecule has 0 radical (unpaired) electrons. The minimum absolute atomic E-state index is 0.0268. The van der Waals surface area contributed by atoms with Gasteiger partial charge in [-0.05, 0) is 36.4 Å². The number of ether oxygens (including phenoxy) is 2. The van der Waals surface area contributed by atoms with Gasteiger partial charge in [-0.2, -0.15) is 8.78 Å². The molecule has 0 saturated carbocycles. The van der Waals surface area contributed by atoms with E-state index < -0.39 is 12.4 Å². The van der Waals surface area contributed by atoms with Crippen LogP contribution in [0.25, 0.3) is 11.5 Å². The Morgan fingerprint density at radius 1 is 1.18 bits per heavy atom. The first-order chi connectivity index (χ1) is 13.5. The van der Waals surface area contributed by atoms with E-state index in [1.54, 1.807) is 12.1 Å². The van der Waals surface area contributed by atoms with Gasteiger partial charge in [-0.3, -0.25) is 0 Å². The summed E-state index contributed by atoms with van der Waals surface area (Å²) in [6.45, 7) is -2.92. The highest BCUT2D eigenvalue weighted by molar-refractivity contribution is 5.80. The van der Waals surface area contributed by atoms with Crippen LogP contribution in [0.1, 0.15) is 11.3 Å². The van der Waals surface area contributed by atoms with Crippen LogP contribution in [-0.2, 0) is 11.4 Å². The monoisotopic (exact) mass is 392 g/mol. The van der Waals surface area contributed by atoms with E-state index >= 15 is 0 Å². The van der Waals surface area contributed by atoms with Crippen molar-refractivity contribution >= 4 is 6.21 Å². The van der Waals surface area contributed by atoms with Crippen LogP contribution in [0.2, 0.25) is 0 Å². The fourth-order valence-corrected chi connectivity index (χ4v) is 2.29. The average Bonchev–Trinajstić information content (AvgIpc) is 3.15. The van der Waals surface area contributed by atoms with E-state index in [4.69, 9.17) is 14.0 Å². The molecule has 0 aliphatic heterocycles. The molecule has 3 rings (SSSR count). The summed E-state index contributed by atoms with van der Waals surface area (Å²) >= 11 is 0. The number of nitrogens with zero attached hydrogens (tertiary/aromatic N) is 2. The van der Waals surface area contributed by atoms with Crippen molar-refractivity contribution < 1.29 is 31.9 Å². The molecule has 28 heavy (non-hydrogen) atoms. The second-order valence-corrected chi connectivity index (χ2v) is 5.45. The number of oxazole rings is 1. The summed E-state index contributed by atoms with van der Waals surface area (Å²) in [6.07, 6.45) is 2.76. The first-order valence-electron chi connectivity index (χ1n) is 8.03. The molecule has 1 aromatic heterocycles. The van der Waals surface area contributed by atoms with Gasteiger partial charge in [-0.25, -0.2) is 9.37 Å². The zero-order chi connectivity index (χ0) is 19.9. The van der Waals surface area contributed by atoms with Gasteiger partial charge in [-0.1, -0.05) is 11.2 Å². The lowest BCUT2D eigenvalue weighted by Gasteiger charge is -2.09. The zero-order valence-corrected chi connectivity index (χ0v) is 14.6. The lowest BCUT2D eigenvalue weighted by atomic mass is 10.2. The van der Waals surface area contributed by atoms with Crippen molar-refractivity contribution in [3.05, 3.63) is 65.8 Å². The van der Waals surface area contributed by atoms with Gasteiger partial charge in [0.1, 0.15) is 17.8 Å². The molecular formula is C19H15F3N2O4. The highest BCUT2D eigenvalue weighted by atomic mass is 19.3. The second-order valence-electron chi connectivity index (χ2n) is 5.45. The van der Waals surface area contributed by atoms with Crippen molar-refractivity contribution in [1.29, 1.82) is 0 Å². The number of hydrogen-bond donors (Lipinski definition) is 0. The van der Waals surface area contributed by atoms with E-state index in [0.29, 0.717) is 16.8 Å². The Labute approximate surface area is 158 Å². The van der Waals surface area contributed by atoms with Gasteiger partial charge >= 0.3 is 6.61 Å². The smallest absolute Gasteiger partial charge is 0.387 e. The van der Waals surface area contributed by atoms with Crippen molar-refractivity contribution in [2.45, 2.75) is 13.2 Å². The fourth-order valence-electron chi connectivity index (χ4n) is 2.29. The number of aromatic nitrogens is 1. The van der Waals surface area contributed by atoms with E-state index in [0.717, 1.165) is 0 Å². The predicted molar refractivity (Wildman–Crippen MR) is 93.9 cm³/mol. The first-order valence-corrected chi connectivity index (χ1v) is 8.03. The van der Waals surface area contributed by atoms with Crippen LogP contribution in [0.3, 0.4) is 0 Å². The Morgan fingerprint density at radius 2 is 2.04 bits per heavy atom. The molecule has 0 saturated heterocycles. The molecule has 146 valence electrons. The van der Waals surface area contributed by atoms with Crippen molar-refractivity contribution in [3.8, 4) is 23.0 Å². The highest BCUT2D eigenvalue weighted by Gasteiger charge is 2.11. The van der Waals surface area contributed by atoms with Crippen molar-refractivity contribution in [2.24, 2.45) is 5.16 Å². The minimum atomic E-state index is -2.95. The molecule has 0 bridgehead atoms. The normalized spacial score (nSPS) is 11.2. The third kappa shape index (κ3) is 5.03. The maximum Gasteiger partial charge on any atom is 0.387 e. The third-order valence-electron chi connectivity index (χ3n) is 3.52. The van der Waals surface area contributed by atoms with E-state index in [1.807, 2.05) is 0 Å². The van der Waals surface area contributed by atoms with Gasteiger partial charge in [0.2, 0.25) is 5.89 Å². The van der Waals surface area contributed by atoms with E-state index in [2.05, 4.69) is 14.9 Å². The van der Waals surface area contributed by atoms with Gasteiger partial charge < -0.3 is 18.7 Å². The largest absolute Gasteiger partial charge is 0.493 e. The number of alkyl halides is 2. The van der Waals surface area contributed by atoms with Crippen LogP contribution in [0, 0.1) is 5.82 Å². The lowest BCUT2D eigenvalue weighted by molar-refractivity contribution is -0.0512. The molecule has 0 amide bonds. The Hall–Kier alpha value is -3.49. The van der Waals surface area contributed by atoms with E-state index in [1.165, 1.54) is 49.9 Å². The fraction of sp³-hybridized carbons (Fsp3) is 0.158. The van der Waals surface area contributed by atoms with Crippen LogP contribution in [0.4, 0.5) is 13.2 Å². The number of halogens is 3. The second kappa shape index (κ2) is 8.94. The van der Waals surface area contributed by atoms with E-state index in [-0.39, 0.29) is 24.0 Å². The lowest BCUT2D eigenvalue weighted by Crippen LogP contribution is -2.03. The molecule has 0 atom stereocenters. The summed E-state index contributed by atoms with van der Waals surface area (Å²) < 4.78 is 52.5. The van der Waals surface area contributed by atoms with Crippen LogP contribution in [0.5, 0.6) is 11.5 Å². The van der Waals surface area contributed by atoms with Crippen molar-refractivity contribution in [2.75, 3.05) is 7.11 Å². The standard InChI is InChI=1S/C19H15F3N2O4/c1-25-17-7-12(5-6-16(17)28-19(21)22)9-23-27-11-15-10-26-18(24-15)13-3-2-4-14(20)8-13/h2-10,19H,11H2,1H3/b23-9+. The molecule has 0 aliphatic carbocycles. The molecule has 0 fully saturated rings. The molecular weight excluding hydrogens is 377 g/mol. The maximum absolute atomic E-state index is 13.2. The van der Waals surface area contributed by atoms with Crippen LogP contribution >= 0.6 is 0 Å². The predicted octanol–water partition coefficient (Wildman–Crippen LogP) is 4.64. The summed E-state index contributed by atoms with van der Waals surface area (Å²) in [4.78, 5) is 9.34. The Kier molecular flexibility index (Phi) is 6.15. The molecule has 9 heteroatoms. The minimum Gasteiger partial charge on any atom is -0.493 e. The Bertz CT molecular complexity index is 960. The van der Waals surface area contributed by atoms with E-state index in [9.17, 15) is 13.2 Å². The van der Waals surface area contributed by atoms with Gasteiger partial charge in [0.15, 0.2) is 18.1 Å². The van der Waals surface area contributed by atoms with Crippen LogP contribution in [-0.4, -0.2) is 24.9 Å². The molecule has 0 N–H and O–H groups in total. The molecule has 1 heterocycles. The summed E-state index contributed by atoms with van der Waals surface area (Å²) in [7, 11) is 1.34. The maximum atomic E-state index is 13.2. The summed E-state index contributed by atoms with van der Waals surface area (Å²) in [6, 6.07) is 10.2. The molecule has 3 aromatic rings. The van der Waals surface area contributed by atoms with Gasteiger partial charge in [0.05, 0.1) is 13.3 Å². The van der Waals surface area contributed by atoms with Gasteiger partial charge in [0, 0.05) is 11.1 Å². The Morgan fingerprint density at radius 3 is 2.79 bits per heavy atom. The van der Waals surface area contributed by atoms with Crippen LogP contribution < -0.4 is 9.47 Å². The highest BCUT2D eigenvalue weighted by Crippen LogP contribution is 2.29. The van der Waals surface area contributed by atoms with Crippen molar-refractivity contribution in [3.63, 3.8) is 0 Å². The zero-order valence-electron chi connectivity index (χ0n) is 14.6. The number of benzene rings is 2. The topological polar surface area (TPSA) is 66.1 Å². The van der Waals surface area contributed by atoms with Gasteiger partial charge in [0.25, 0.3) is 0 Å². The molecule has 0 unspecified atom stereocenters. The quantitative estimate of drug-likeness (QED) is 0.413. The molecule has 0 spiro atoms. The molecule has 0 aliphatic rings. The SMILES string of the molecule is COc1cc(/C=N/OCc2coc(-c3cccc(F)c3)n2)ccc1OC(F)F. The Balaban J connectivity index is 1.58. The number of methoxy groups -OCH3 is 1. The average molecular weight is 392 g/mol. The first kappa shape index (κ1) is 19.3. The molecule has 2 aromatic carbocycles.